The van der Waals surface area contributed by atoms with Gasteiger partial charge in [0.25, 0.3) is 0 Å². The van der Waals surface area contributed by atoms with Crippen molar-refractivity contribution in [3.8, 4) is 0 Å². The molecule has 5 nitrogen and oxygen atoms in total. The second kappa shape index (κ2) is 5.80. The Morgan fingerprint density at radius 2 is 2.12 bits per heavy atom. The molecule has 0 aliphatic carbocycles. The number of carbonyl (C=O) groups excluding carboxylic acids is 1. The van der Waals surface area contributed by atoms with Gasteiger partial charge in [-0.15, -0.1) is 0 Å². The van der Waals surface area contributed by atoms with Crippen LogP contribution in [0.25, 0.3) is 0 Å². The first-order chi connectivity index (χ1) is 8.18. The minimum Gasteiger partial charge on any atom is -0.375 e. The van der Waals surface area contributed by atoms with Crippen LogP contribution in [0.1, 0.15) is 13.3 Å². The van der Waals surface area contributed by atoms with E-state index in [0.717, 1.165) is 39.1 Å². The highest BCUT2D eigenvalue weighted by Crippen LogP contribution is 2.10. The summed E-state index contributed by atoms with van der Waals surface area (Å²) >= 11 is 0. The molecular weight excluding hydrogens is 218 g/mol. The van der Waals surface area contributed by atoms with Crippen molar-refractivity contribution in [3.63, 3.8) is 0 Å². The van der Waals surface area contributed by atoms with Crippen molar-refractivity contribution in [1.29, 1.82) is 0 Å². The van der Waals surface area contributed by atoms with Crippen molar-refractivity contribution >= 4 is 5.91 Å². The summed E-state index contributed by atoms with van der Waals surface area (Å²) in [6, 6.07) is -0.160. The lowest BCUT2D eigenvalue weighted by Crippen LogP contribution is -2.56. The summed E-state index contributed by atoms with van der Waals surface area (Å²) in [4.78, 5) is 16.6. The topological polar surface area (TPSA) is 44.8 Å². The monoisotopic (exact) mass is 241 g/mol. The molecule has 1 N–H and O–H groups in total. The van der Waals surface area contributed by atoms with Gasteiger partial charge in [0, 0.05) is 26.2 Å². The van der Waals surface area contributed by atoms with Crippen LogP contribution in [0.5, 0.6) is 0 Å². The molecule has 0 unspecified atom stereocenters. The second-order valence-electron chi connectivity index (χ2n) is 4.99. The Bertz CT molecular complexity index is 272. The third kappa shape index (κ3) is 3.18. The number of hydrogen-bond acceptors (Lipinski definition) is 4. The number of amides is 1. The third-order valence-electron chi connectivity index (χ3n) is 3.61. The van der Waals surface area contributed by atoms with Gasteiger partial charge < -0.3 is 19.9 Å². The number of nitrogens with one attached hydrogen (secondary N) is 1. The predicted molar refractivity (Wildman–Crippen MR) is 65.9 cm³/mol. The summed E-state index contributed by atoms with van der Waals surface area (Å²) in [7, 11) is 2.11. The van der Waals surface area contributed by atoms with Crippen LogP contribution >= 0.6 is 0 Å². The second-order valence-corrected chi connectivity index (χ2v) is 4.99. The zero-order valence-electron chi connectivity index (χ0n) is 10.8. The molecule has 0 aromatic heterocycles. The molecule has 0 spiro atoms. The highest BCUT2D eigenvalue weighted by molar-refractivity contribution is 5.82. The molecule has 0 aromatic carbocycles. The van der Waals surface area contributed by atoms with Crippen molar-refractivity contribution < 1.29 is 9.53 Å². The maximum atomic E-state index is 12.4. The van der Waals surface area contributed by atoms with Crippen molar-refractivity contribution in [1.82, 2.24) is 15.1 Å². The number of carbonyl (C=O) groups is 1. The van der Waals surface area contributed by atoms with Crippen LogP contribution in [-0.2, 0) is 9.53 Å². The molecule has 0 radical (unpaired) electrons. The van der Waals surface area contributed by atoms with Gasteiger partial charge in [-0.05, 0) is 26.9 Å². The minimum atomic E-state index is -0.160. The number of rotatable bonds is 1. The zero-order chi connectivity index (χ0) is 12.3. The first-order valence-electron chi connectivity index (χ1n) is 6.51. The Hall–Kier alpha value is -0.650. The van der Waals surface area contributed by atoms with Crippen molar-refractivity contribution in [3.05, 3.63) is 0 Å². The van der Waals surface area contributed by atoms with Gasteiger partial charge in [0.15, 0.2) is 0 Å². The lowest BCUT2D eigenvalue weighted by atomic mass is 10.1. The number of hydrogen-bond donors (Lipinski definition) is 1. The zero-order valence-corrected chi connectivity index (χ0v) is 10.8. The molecule has 2 heterocycles. The Morgan fingerprint density at radius 1 is 1.29 bits per heavy atom. The van der Waals surface area contributed by atoms with E-state index in [9.17, 15) is 4.79 Å². The van der Waals surface area contributed by atoms with Gasteiger partial charge in [-0.1, -0.05) is 0 Å². The predicted octanol–water partition coefficient (Wildman–Crippen LogP) is -0.473. The summed E-state index contributed by atoms with van der Waals surface area (Å²) in [5.41, 5.74) is 0. The van der Waals surface area contributed by atoms with E-state index in [-0.39, 0.29) is 18.1 Å². The minimum absolute atomic E-state index is 0.0165. The van der Waals surface area contributed by atoms with Crippen LogP contribution in [0.3, 0.4) is 0 Å². The molecule has 1 amide bonds. The summed E-state index contributed by atoms with van der Waals surface area (Å²) in [6.07, 6.45) is 1.04. The SMILES string of the molecule is C[C@H]1OCCN[C@@H]1C(=O)N1CCCN(C)CC1. The Morgan fingerprint density at radius 3 is 2.88 bits per heavy atom. The Balaban J connectivity index is 1.93. The van der Waals surface area contributed by atoms with Gasteiger partial charge in [0.2, 0.25) is 5.91 Å². The molecule has 0 aromatic rings. The van der Waals surface area contributed by atoms with Crippen LogP contribution in [0, 0.1) is 0 Å². The van der Waals surface area contributed by atoms with E-state index in [2.05, 4.69) is 17.3 Å². The van der Waals surface area contributed by atoms with E-state index in [0.29, 0.717) is 6.61 Å². The number of likely N-dealkylation sites (N-methyl/N-ethyl adjacent to an activating group) is 1. The Labute approximate surface area is 103 Å². The molecule has 2 fully saturated rings. The van der Waals surface area contributed by atoms with Crippen LogP contribution < -0.4 is 5.32 Å². The van der Waals surface area contributed by atoms with Gasteiger partial charge in [0.1, 0.15) is 6.04 Å². The van der Waals surface area contributed by atoms with Crippen LogP contribution in [0.2, 0.25) is 0 Å². The third-order valence-corrected chi connectivity index (χ3v) is 3.61. The smallest absolute Gasteiger partial charge is 0.242 e. The maximum absolute atomic E-state index is 12.4. The van der Waals surface area contributed by atoms with Crippen LogP contribution in [0.15, 0.2) is 0 Å². The standard InChI is InChI=1S/C12H23N3O2/c1-10-11(13-4-9-17-10)12(16)15-6-3-5-14(2)7-8-15/h10-11,13H,3-9H2,1-2H3/t10-,11+/m1/s1. The van der Waals surface area contributed by atoms with Crippen molar-refractivity contribution in [2.75, 3.05) is 46.4 Å². The lowest BCUT2D eigenvalue weighted by Gasteiger charge is -2.33. The average molecular weight is 241 g/mol. The summed E-state index contributed by atoms with van der Waals surface area (Å²) in [5, 5.41) is 3.27. The number of ether oxygens (including phenoxy) is 1. The van der Waals surface area contributed by atoms with Crippen LogP contribution in [0.4, 0.5) is 0 Å². The van der Waals surface area contributed by atoms with E-state index in [4.69, 9.17) is 4.74 Å². The highest BCUT2D eigenvalue weighted by atomic mass is 16.5. The average Bonchev–Trinajstić information content (AvgIpc) is 2.54. The molecular formula is C12H23N3O2. The van der Waals surface area contributed by atoms with Gasteiger partial charge in [-0.2, -0.15) is 0 Å². The van der Waals surface area contributed by atoms with Crippen molar-refractivity contribution in [2.45, 2.75) is 25.5 Å². The van der Waals surface area contributed by atoms with Gasteiger partial charge >= 0.3 is 0 Å². The van der Waals surface area contributed by atoms with Crippen molar-refractivity contribution in [2.24, 2.45) is 0 Å². The molecule has 98 valence electrons. The molecule has 2 atom stereocenters. The normalized spacial score (nSPS) is 32.2. The number of morpholine rings is 1. The molecule has 2 aliphatic heterocycles. The first-order valence-corrected chi connectivity index (χ1v) is 6.51. The van der Waals surface area contributed by atoms with E-state index in [1.54, 1.807) is 0 Å². The fourth-order valence-electron chi connectivity index (χ4n) is 2.47. The van der Waals surface area contributed by atoms with Gasteiger partial charge in [0.05, 0.1) is 12.7 Å². The molecule has 2 saturated heterocycles. The summed E-state index contributed by atoms with van der Waals surface area (Å²) in [6.45, 7) is 7.19. The molecule has 2 rings (SSSR count). The molecule has 0 saturated carbocycles. The fourth-order valence-corrected chi connectivity index (χ4v) is 2.47. The molecule has 2 aliphatic rings. The number of nitrogens with zero attached hydrogens (tertiary/aromatic N) is 2. The summed E-state index contributed by atoms with van der Waals surface area (Å²) in [5.74, 6) is 0.201. The first kappa shape index (κ1) is 12.8. The van der Waals surface area contributed by atoms with Gasteiger partial charge in [-0.25, -0.2) is 0 Å². The Kier molecular flexibility index (Phi) is 4.36. The lowest BCUT2D eigenvalue weighted by molar-refractivity contribution is -0.139. The van der Waals surface area contributed by atoms with E-state index >= 15 is 0 Å². The largest absolute Gasteiger partial charge is 0.375 e. The molecule has 17 heavy (non-hydrogen) atoms. The molecule has 5 heteroatoms. The van der Waals surface area contributed by atoms with E-state index in [1.165, 1.54) is 0 Å². The maximum Gasteiger partial charge on any atom is 0.242 e. The molecule has 0 bridgehead atoms. The van der Waals surface area contributed by atoms with E-state index in [1.807, 2.05) is 11.8 Å². The van der Waals surface area contributed by atoms with Gasteiger partial charge in [-0.3, -0.25) is 4.79 Å². The quantitative estimate of drug-likeness (QED) is 0.674. The summed E-state index contributed by atoms with van der Waals surface area (Å²) < 4.78 is 5.53. The fraction of sp³-hybridized carbons (Fsp3) is 0.917. The highest BCUT2D eigenvalue weighted by Gasteiger charge is 2.32. The van der Waals surface area contributed by atoms with E-state index < -0.39 is 0 Å². The van der Waals surface area contributed by atoms with Crippen LogP contribution in [-0.4, -0.2) is 74.2 Å².